The SMILES string of the molecule is CCCOc1cccc(S[C@H]2C[C@@H](C)[C@H]([C@H]3C(=O)N[C@@H](CC)C(=O)N(C)CC(=O)N(C)[C@@H](CC(C)C)C(=O)N[C@@H](C(C)C)C(=O)N(C)[C@@H](CC(C)C)C(=O)N[C@@H](C)C(=O)N[C@H](C)C(=O)N(C)[C@@H](CC(C)C)C(=O)N(C)[C@@H](CC(C)C)C(=O)N(C)[C@@H](C(C)C)C(=O)N3C)O2)c1. The average Bonchev–Trinajstić information content (AvgIpc) is 1.39. The summed E-state index contributed by atoms with van der Waals surface area (Å²) < 4.78 is 12.7. The van der Waals surface area contributed by atoms with Crippen molar-refractivity contribution in [1.29, 1.82) is 0 Å². The molecule has 1 aromatic carbocycles. The van der Waals surface area contributed by atoms with Crippen molar-refractivity contribution < 1.29 is 62.2 Å². The molecule has 0 saturated carbocycles. The van der Waals surface area contributed by atoms with Gasteiger partial charge < -0.3 is 65.0 Å². The molecule has 13 atom stereocenters. The summed E-state index contributed by atoms with van der Waals surface area (Å²) in [4.78, 5) is 172. The van der Waals surface area contributed by atoms with Gasteiger partial charge in [-0.25, -0.2) is 0 Å². The first-order valence-electron chi connectivity index (χ1n) is 33.8. The van der Waals surface area contributed by atoms with Crippen LogP contribution in [0, 0.1) is 41.4 Å². The number of ether oxygens (including phenoxy) is 2. The normalized spacial score (nSPS) is 27.8. The Morgan fingerprint density at radius 1 is 0.521 bits per heavy atom. The Labute approximate surface area is 565 Å². The van der Waals surface area contributed by atoms with E-state index in [2.05, 4.69) is 21.3 Å². The molecule has 25 heteroatoms. The summed E-state index contributed by atoms with van der Waals surface area (Å²) in [5.74, 6) is -8.34. The molecule has 0 aliphatic carbocycles. The van der Waals surface area contributed by atoms with E-state index in [1.807, 2.05) is 93.5 Å². The van der Waals surface area contributed by atoms with Crippen molar-refractivity contribution in [3.63, 3.8) is 0 Å². The monoisotopic (exact) mass is 1340 g/mol. The van der Waals surface area contributed by atoms with Crippen LogP contribution in [0.1, 0.15) is 163 Å². The standard InChI is InChI=1S/C69H117N11O13S/c1-25-30-92-47-28-27-29-48(36-47)94-55-35-44(15)59(93-55)58-63(85)72-49(26-2)65(87)74(18)37-54(81)75(19)50(31-38(3)4)62(84)73-56(42(11)12)68(90)76(20)51(32-39(5)6)61(83)70-45(16)60(82)71-46(17)64(86)77(21)52(33-40(7)8)66(88)78(22)53(34-41(9)10)67(89)79(23)57(43(13)14)69(91)80(58)24/h27-29,36,38-46,49-53,55-59H,25-26,30-35,37H2,1-24H3,(H,70,83)(H,71,82)(H,72,85)(H,73,84)/t44-,45+,46-,49+,50+,51+,52+,53+,55+,56+,57+,58+,59-/m1/s1. The fraction of sp³-hybridized carbons (Fsp3) is 0.754. The van der Waals surface area contributed by atoms with Gasteiger partial charge in [0.15, 0.2) is 0 Å². The highest BCUT2D eigenvalue weighted by atomic mass is 32.2. The number of thioether (sulfide) groups is 1. The quantitative estimate of drug-likeness (QED) is 0.147. The molecule has 2 aliphatic heterocycles. The van der Waals surface area contributed by atoms with Crippen LogP contribution in [0.15, 0.2) is 29.2 Å². The Kier molecular flexibility index (Phi) is 32.3. The second kappa shape index (κ2) is 37.1. The van der Waals surface area contributed by atoms with E-state index in [-0.39, 0.29) is 61.7 Å². The average molecular weight is 1340 g/mol. The molecule has 2 heterocycles. The molecule has 0 aromatic heterocycles. The second-order valence-corrected chi connectivity index (χ2v) is 29.7. The van der Waals surface area contributed by atoms with Crippen molar-refractivity contribution in [2.45, 2.75) is 240 Å². The van der Waals surface area contributed by atoms with Crippen molar-refractivity contribution in [3.8, 4) is 5.75 Å². The molecule has 1 aromatic rings. The minimum Gasteiger partial charge on any atom is -0.494 e. The molecule has 2 aliphatic rings. The molecular weight excluding hydrogens is 1220 g/mol. The largest absolute Gasteiger partial charge is 0.494 e. The molecule has 3 rings (SSSR count). The summed E-state index contributed by atoms with van der Waals surface area (Å²) in [6.07, 6.45) is 1.04. The minimum absolute atomic E-state index is 0.0564. The zero-order valence-corrected chi connectivity index (χ0v) is 61.8. The first kappa shape index (κ1) is 81.7. The maximum absolute atomic E-state index is 15.6. The Bertz CT molecular complexity index is 2760. The third kappa shape index (κ3) is 22.3. The maximum Gasteiger partial charge on any atom is 0.246 e. The number of carbonyl (C=O) groups is 11. The summed E-state index contributed by atoms with van der Waals surface area (Å²) in [6.45, 7) is 30.6. The van der Waals surface area contributed by atoms with E-state index in [1.165, 1.54) is 104 Å². The molecule has 0 spiro atoms. The predicted molar refractivity (Wildman–Crippen MR) is 364 cm³/mol. The van der Waals surface area contributed by atoms with Crippen LogP contribution >= 0.6 is 11.8 Å². The zero-order chi connectivity index (χ0) is 71.7. The van der Waals surface area contributed by atoms with E-state index in [0.29, 0.717) is 18.8 Å². The summed E-state index contributed by atoms with van der Waals surface area (Å²) in [5.41, 5.74) is -0.493. The van der Waals surface area contributed by atoms with Crippen LogP contribution < -0.4 is 26.0 Å². The highest BCUT2D eigenvalue weighted by Gasteiger charge is 2.49. The first-order valence-corrected chi connectivity index (χ1v) is 34.7. The van der Waals surface area contributed by atoms with Crippen LogP contribution in [0.25, 0.3) is 0 Å². The van der Waals surface area contributed by atoms with Crippen LogP contribution in [0.2, 0.25) is 0 Å². The lowest BCUT2D eigenvalue weighted by atomic mass is 9.93. The molecular formula is C69H117N11O13S. The third-order valence-electron chi connectivity index (χ3n) is 17.7. The predicted octanol–water partition coefficient (Wildman–Crippen LogP) is 5.64. The van der Waals surface area contributed by atoms with Crippen molar-refractivity contribution in [1.82, 2.24) is 55.6 Å². The number of benzene rings is 1. The van der Waals surface area contributed by atoms with Crippen molar-refractivity contribution in [2.75, 3.05) is 62.5 Å². The lowest BCUT2D eigenvalue weighted by Crippen LogP contribution is -2.63. The molecule has 0 radical (unpaired) electrons. The summed E-state index contributed by atoms with van der Waals surface area (Å²) >= 11 is 1.44. The number of rotatable bonds is 17. The van der Waals surface area contributed by atoms with Crippen LogP contribution in [0.3, 0.4) is 0 Å². The number of carbonyl (C=O) groups excluding carboxylic acids is 11. The summed E-state index contributed by atoms with van der Waals surface area (Å²) in [6, 6.07) is -4.42. The van der Waals surface area contributed by atoms with Crippen molar-refractivity contribution in [3.05, 3.63) is 24.3 Å². The number of hydrogen-bond donors (Lipinski definition) is 4. The molecule has 0 bridgehead atoms. The molecule has 4 N–H and O–H groups in total. The van der Waals surface area contributed by atoms with E-state index in [1.54, 1.807) is 34.6 Å². The van der Waals surface area contributed by atoms with E-state index in [4.69, 9.17) is 9.47 Å². The van der Waals surface area contributed by atoms with Gasteiger partial charge in [-0.1, -0.05) is 122 Å². The highest BCUT2D eigenvalue weighted by molar-refractivity contribution is 7.99. The first-order chi connectivity index (χ1) is 43.7. The smallest absolute Gasteiger partial charge is 0.246 e. The molecule has 24 nitrogen and oxygen atoms in total. The van der Waals surface area contributed by atoms with Crippen molar-refractivity contribution in [2.24, 2.45) is 41.4 Å². The molecule has 2 fully saturated rings. The molecule has 94 heavy (non-hydrogen) atoms. The van der Waals surface area contributed by atoms with Crippen molar-refractivity contribution >= 4 is 76.7 Å². The fourth-order valence-electron chi connectivity index (χ4n) is 12.1. The van der Waals surface area contributed by atoms with Crippen LogP contribution in [-0.4, -0.2) is 234 Å². The molecule has 11 amide bonds. The maximum atomic E-state index is 15.6. The molecule has 0 unspecified atom stereocenters. The van der Waals surface area contributed by atoms with Gasteiger partial charge in [0.2, 0.25) is 65.0 Å². The Morgan fingerprint density at radius 3 is 1.52 bits per heavy atom. The zero-order valence-electron chi connectivity index (χ0n) is 61.0. The topological polar surface area (TPSA) is 277 Å². The number of likely N-dealkylation sites (N-methyl/N-ethyl adjacent to an activating group) is 7. The number of nitrogens with one attached hydrogen (secondary N) is 4. The molecule has 532 valence electrons. The van der Waals surface area contributed by atoms with E-state index in [0.717, 1.165) is 16.2 Å². The van der Waals surface area contributed by atoms with E-state index >= 15 is 19.2 Å². The Morgan fingerprint density at radius 2 is 1.01 bits per heavy atom. The molecule has 2 saturated heterocycles. The van der Waals surface area contributed by atoms with Gasteiger partial charge in [0.05, 0.1) is 19.3 Å². The number of amides is 11. The highest BCUT2D eigenvalue weighted by Crippen LogP contribution is 2.40. The lowest BCUT2D eigenvalue weighted by Gasteiger charge is -2.41. The van der Waals surface area contributed by atoms with Gasteiger partial charge in [-0.3, -0.25) is 52.7 Å². The van der Waals surface area contributed by atoms with Gasteiger partial charge in [0.25, 0.3) is 0 Å². The minimum atomic E-state index is -1.39. The number of nitrogens with zero attached hydrogens (tertiary/aromatic N) is 7. The van der Waals surface area contributed by atoms with Crippen LogP contribution in [0.4, 0.5) is 0 Å². The van der Waals surface area contributed by atoms with Gasteiger partial charge in [-0.15, -0.1) is 0 Å². The lowest BCUT2D eigenvalue weighted by molar-refractivity contribution is -0.157. The summed E-state index contributed by atoms with van der Waals surface area (Å²) in [7, 11) is 10.2. The Balaban J connectivity index is 2.32. The van der Waals surface area contributed by atoms with Crippen LogP contribution in [0.5, 0.6) is 5.75 Å². The fourth-order valence-corrected chi connectivity index (χ4v) is 13.4. The van der Waals surface area contributed by atoms with Crippen LogP contribution in [-0.2, 0) is 57.5 Å². The van der Waals surface area contributed by atoms with Gasteiger partial charge in [0.1, 0.15) is 71.6 Å². The van der Waals surface area contributed by atoms with E-state index < -0.39 is 155 Å². The van der Waals surface area contributed by atoms with Gasteiger partial charge in [-0.05, 0) is 118 Å². The third-order valence-corrected chi connectivity index (χ3v) is 18.8. The number of hydrogen-bond acceptors (Lipinski definition) is 14. The van der Waals surface area contributed by atoms with Gasteiger partial charge in [0, 0.05) is 54.2 Å². The van der Waals surface area contributed by atoms with Gasteiger partial charge in [-0.2, -0.15) is 0 Å². The summed E-state index contributed by atoms with van der Waals surface area (Å²) in [5, 5.41) is 11.2. The second-order valence-electron chi connectivity index (χ2n) is 28.5. The van der Waals surface area contributed by atoms with Gasteiger partial charge >= 0.3 is 0 Å². The van der Waals surface area contributed by atoms with E-state index in [9.17, 15) is 33.6 Å². The Hall–Kier alpha value is -6.50.